The van der Waals surface area contributed by atoms with Crippen molar-refractivity contribution in [3.63, 3.8) is 0 Å². The Balaban J connectivity index is 2.18. The van der Waals surface area contributed by atoms with E-state index in [2.05, 4.69) is 34.7 Å². The lowest BCUT2D eigenvalue weighted by atomic mass is 9.96. The molecule has 0 aliphatic rings. The first kappa shape index (κ1) is 18.7. The van der Waals surface area contributed by atoms with Crippen LogP contribution >= 0.6 is 15.9 Å². The molecule has 136 valence electrons. The molecule has 0 radical (unpaired) electrons. The highest BCUT2D eigenvalue weighted by Crippen LogP contribution is 2.35. The summed E-state index contributed by atoms with van der Waals surface area (Å²) >= 11 is 3.39. The number of furan rings is 1. The van der Waals surface area contributed by atoms with Gasteiger partial charge in [0.15, 0.2) is 5.78 Å². The van der Waals surface area contributed by atoms with Crippen molar-refractivity contribution in [2.24, 2.45) is 0 Å². The summed E-state index contributed by atoms with van der Waals surface area (Å²) in [5.74, 6) is 0.662. The Morgan fingerprint density at radius 1 is 1.12 bits per heavy atom. The molecule has 0 aliphatic heterocycles. The Labute approximate surface area is 161 Å². The standard InChI is InChI=1S/C21H22BrNO3/c1-4-23(5-2)12-16-17(24)10-11-18-20(16)19(13(3)26-18)21(25)14-6-8-15(22)9-7-14/h6-11,24H,4-5,12H2,1-3H3. The molecule has 0 aliphatic carbocycles. The maximum atomic E-state index is 13.2. The molecular weight excluding hydrogens is 394 g/mol. The Bertz CT molecular complexity index is 940. The number of halogens is 1. The molecule has 0 amide bonds. The molecule has 0 fully saturated rings. The minimum absolute atomic E-state index is 0.0971. The fourth-order valence-electron chi connectivity index (χ4n) is 3.22. The van der Waals surface area contributed by atoms with E-state index in [1.54, 1.807) is 31.2 Å². The largest absolute Gasteiger partial charge is 0.508 e. The number of rotatable bonds is 6. The second-order valence-electron chi connectivity index (χ2n) is 6.27. The fraction of sp³-hybridized carbons (Fsp3) is 0.286. The van der Waals surface area contributed by atoms with Crippen LogP contribution in [0, 0.1) is 6.92 Å². The van der Waals surface area contributed by atoms with E-state index in [1.165, 1.54) is 0 Å². The lowest BCUT2D eigenvalue weighted by Crippen LogP contribution is -2.22. The molecule has 5 heteroatoms. The van der Waals surface area contributed by atoms with Crippen LogP contribution in [-0.4, -0.2) is 28.9 Å². The number of carbonyl (C=O) groups excluding carboxylic acids is 1. The summed E-state index contributed by atoms with van der Waals surface area (Å²) in [5.41, 5.74) is 2.49. The summed E-state index contributed by atoms with van der Waals surface area (Å²) in [6.07, 6.45) is 0. The molecule has 2 aromatic carbocycles. The van der Waals surface area contributed by atoms with E-state index in [-0.39, 0.29) is 11.5 Å². The van der Waals surface area contributed by atoms with E-state index in [1.807, 2.05) is 12.1 Å². The first-order valence-electron chi connectivity index (χ1n) is 8.72. The molecular formula is C21H22BrNO3. The van der Waals surface area contributed by atoms with Gasteiger partial charge >= 0.3 is 0 Å². The SMILES string of the molecule is CCN(CC)Cc1c(O)ccc2oc(C)c(C(=O)c3ccc(Br)cc3)c12. The van der Waals surface area contributed by atoms with Gasteiger partial charge in [0.2, 0.25) is 0 Å². The number of aromatic hydroxyl groups is 1. The quantitative estimate of drug-likeness (QED) is 0.556. The van der Waals surface area contributed by atoms with Gasteiger partial charge in [-0.3, -0.25) is 9.69 Å². The van der Waals surface area contributed by atoms with Crippen molar-refractivity contribution in [2.45, 2.75) is 27.3 Å². The third kappa shape index (κ3) is 3.41. The number of benzene rings is 2. The van der Waals surface area contributed by atoms with Gasteiger partial charge in [0.1, 0.15) is 17.1 Å². The van der Waals surface area contributed by atoms with E-state index in [9.17, 15) is 9.90 Å². The second-order valence-corrected chi connectivity index (χ2v) is 7.18. The topological polar surface area (TPSA) is 53.7 Å². The number of phenols is 1. The fourth-order valence-corrected chi connectivity index (χ4v) is 3.48. The van der Waals surface area contributed by atoms with Gasteiger partial charge in [0.05, 0.1) is 5.56 Å². The van der Waals surface area contributed by atoms with Crippen LogP contribution in [0.5, 0.6) is 5.75 Å². The Kier molecular flexibility index (Phi) is 5.49. The predicted octanol–water partition coefficient (Wildman–Crippen LogP) is 5.28. The molecule has 0 atom stereocenters. The van der Waals surface area contributed by atoms with Gasteiger partial charge in [0, 0.05) is 27.5 Å². The number of hydrogen-bond donors (Lipinski definition) is 1. The molecule has 0 unspecified atom stereocenters. The lowest BCUT2D eigenvalue weighted by Gasteiger charge is -2.19. The van der Waals surface area contributed by atoms with E-state index >= 15 is 0 Å². The summed E-state index contributed by atoms with van der Waals surface area (Å²) in [6.45, 7) is 8.24. The van der Waals surface area contributed by atoms with Crippen molar-refractivity contribution in [3.05, 3.63) is 63.3 Å². The average molecular weight is 416 g/mol. The maximum absolute atomic E-state index is 13.2. The summed E-state index contributed by atoms with van der Waals surface area (Å²) in [7, 11) is 0. The number of nitrogens with zero attached hydrogens (tertiary/aromatic N) is 1. The van der Waals surface area contributed by atoms with Gasteiger partial charge < -0.3 is 9.52 Å². The lowest BCUT2D eigenvalue weighted by molar-refractivity contribution is 0.103. The number of ketones is 1. The van der Waals surface area contributed by atoms with Crippen LogP contribution in [0.4, 0.5) is 0 Å². The van der Waals surface area contributed by atoms with Crippen molar-refractivity contribution < 1.29 is 14.3 Å². The minimum Gasteiger partial charge on any atom is -0.508 e. The van der Waals surface area contributed by atoms with E-state index in [0.29, 0.717) is 34.4 Å². The second kappa shape index (κ2) is 7.64. The molecule has 0 saturated carbocycles. The number of phenolic OH excluding ortho intramolecular Hbond substituents is 1. The van der Waals surface area contributed by atoms with Crippen molar-refractivity contribution >= 4 is 32.7 Å². The van der Waals surface area contributed by atoms with Gasteiger partial charge in [-0.25, -0.2) is 0 Å². The average Bonchev–Trinajstić information content (AvgIpc) is 2.97. The molecule has 4 nitrogen and oxygen atoms in total. The van der Waals surface area contributed by atoms with Crippen molar-refractivity contribution in [1.82, 2.24) is 4.90 Å². The molecule has 0 saturated heterocycles. The zero-order valence-corrected chi connectivity index (χ0v) is 16.8. The van der Waals surface area contributed by atoms with Crippen LogP contribution < -0.4 is 0 Å². The van der Waals surface area contributed by atoms with E-state index in [0.717, 1.165) is 23.1 Å². The monoisotopic (exact) mass is 415 g/mol. The van der Waals surface area contributed by atoms with Crippen LogP contribution in [0.15, 0.2) is 45.3 Å². The first-order chi connectivity index (χ1) is 12.5. The highest BCUT2D eigenvalue weighted by atomic mass is 79.9. The van der Waals surface area contributed by atoms with Crippen LogP contribution in [-0.2, 0) is 6.54 Å². The molecule has 1 heterocycles. The van der Waals surface area contributed by atoms with Gasteiger partial charge in [-0.1, -0.05) is 29.8 Å². The third-order valence-electron chi connectivity index (χ3n) is 4.72. The number of fused-ring (bicyclic) bond motifs is 1. The zero-order valence-electron chi connectivity index (χ0n) is 15.2. The normalized spacial score (nSPS) is 11.4. The van der Waals surface area contributed by atoms with Crippen molar-refractivity contribution in [1.29, 1.82) is 0 Å². The highest BCUT2D eigenvalue weighted by Gasteiger charge is 2.24. The van der Waals surface area contributed by atoms with Gasteiger partial charge in [-0.2, -0.15) is 0 Å². The summed E-state index contributed by atoms with van der Waals surface area (Å²) in [6, 6.07) is 10.6. The van der Waals surface area contributed by atoms with Gasteiger partial charge in [0.25, 0.3) is 0 Å². The maximum Gasteiger partial charge on any atom is 0.197 e. The van der Waals surface area contributed by atoms with E-state index < -0.39 is 0 Å². The summed E-state index contributed by atoms with van der Waals surface area (Å²) in [5, 5.41) is 11.2. The zero-order chi connectivity index (χ0) is 18.8. The van der Waals surface area contributed by atoms with Crippen LogP contribution in [0.3, 0.4) is 0 Å². The molecule has 1 aromatic heterocycles. The van der Waals surface area contributed by atoms with Gasteiger partial charge in [-0.15, -0.1) is 0 Å². The summed E-state index contributed by atoms with van der Waals surface area (Å²) in [4.78, 5) is 15.4. The van der Waals surface area contributed by atoms with Crippen LogP contribution in [0.25, 0.3) is 11.0 Å². The number of carbonyl (C=O) groups is 1. The third-order valence-corrected chi connectivity index (χ3v) is 5.25. The molecule has 26 heavy (non-hydrogen) atoms. The highest BCUT2D eigenvalue weighted by molar-refractivity contribution is 9.10. The molecule has 1 N–H and O–H groups in total. The first-order valence-corrected chi connectivity index (χ1v) is 9.52. The predicted molar refractivity (Wildman–Crippen MR) is 107 cm³/mol. The molecule has 3 aromatic rings. The Morgan fingerprint density at radius 3 is 2.38 bits per heavy atom. The van der Waals surface area contributed by atoms with Crippen LogP contribution in [0.2, 0.25) is 0 Å². The minimum atomic E-state index is -0.0971. The number of hydrogen-bond acceptors (Lipinski definition) is 4. The molecule has 3 rings (SSSR count). The Hall–Kier alpha value is -2.11. The van der Waals surface area contributed by atoms with Gasteiger partial charge in [-0.05, 0) is 56.4 Å². The summed E-state index contributed by atoms with van der Waals surface area (Å²) < 4.78 is 6.77. The van der Waals surface area contributed by atoms with E-state index in [4.69, 9.17) is 4.42 Å². The smallest absolute Gasteiger partial charge is 0.197 e. The molecule has 0 bridgehead atoms. The Morgan fingerprint density at radius 2 is 1.77 bits per heavy atom. The van der Waals surface area contributed by atoms with Crippen LogP contribution in [0.1, 0.15) is 41.1 Å². The number of aryl methyl sites for hydroxylation is 1. The molecule has 0 spiro atoms. The van der Waals surface area contributed by atoms with Crippen molar-refractivity contribution in [2.75, 3.05) is 13.1 Å². The van der Waals surface area contributed by atoms with Crippen molar-refractivity contribution in [3.8, 4) is 5.75 Å².